The smallest absolute Gasteiger partial charge is 0.0159 e. The Morgan fingerprint density at radius 2 is 0.745 bits per heavy atom. The molecule has 0 nitrogen and oxygen atoms in total. The van der Waals surface area contributed by atoms with Crippen molar-refractivity contribution in [3.8, 4) is 55.6 Å². The van der Waals surface area contributed by atoms with Crippen LogP contribution in [0.1, 0.15) is 25.0 Å². The molecule has 0 radical (unpaired) electrons. The van der Waals surface area contributed by atoms with Crippen LogP contribution in [0.4, 0.5) is 0 Å². The molecule has 55 heavy (non-hydrogen) atoms. The topological polar surface area (TPSA) is 0 Å². The van der Waals surface area contributed by atoms with Crippen LogP contribution in [0.5, 0.6) is 0 Å². The molecule has 0 aliphatic heterocycles. The lowest BCUT2D eigenvalue weighted by Crippen LogP contribution is -2.14. The molecule has 10 aromatic carbocycles. The molecule has 0 saturated heterocycles. The van der Waals surface area contributed by atoms with E-state index < -0.39 is 0 Å². The van der Waals surface area contributed by atoms with Crippen molar-refractivity contribution in [2.45, 2.75) is 19.3 Å². The summed E-state index contributed by atoms with van der Waals surface area (Å²) >= 11 is 0. The van der Waals surface area contributed by atoms with Gasteiger partial charge in [0, 0.05) is 5.41 Å². The molecule has 0 N–H and O–H groups in total. The maximum atomic E-state index is 2.42. The third-order valence-electron chi connectivity index (χ3n) is 12.3. The third-order valence-corrected chi connectivity index (χ3v) is 12.3. The molecule has 0 bridgehead atoms. The van der Waals surface area contributed by atoms with Crippen LogP contribution in [0.25, 0.3) is 98.7 Å². The summed E-state index contributed by atoms with van der Waals surface area (Å²) in [6, 6.07) is 72.1. The molecule has 258 valence electrons. The largest absolute Gasteiger partial charge is 0.0622 e. The Labute approximate surface area is 322 Å². The predicted octanol–water partition coefficient (Wildman–Crippen LogP) is 15.3. The summed E-state index contributed by atoms with van der Waals surface area (Å²) in [5, 5.41) is 10.2. The Hall–Kier alpha value is -6.76. The standard InChI is InChI=1S/C55H38/c1-55(2)51-31-28-40(33-49(51)50-32-38-16-6-7-17-39(38)34-52(50)55)35-24-26-37(27-25-35)53-44-20-10-12-22-46(44)54(47-23-13-11-21-45(47)53)48-30-29-41(36-14-4-3-5-15-36)42-18-8-9-19-43(42)48/h3-34H,1-2H3. The Balaban J connectivity index is 1.06. The summed E-state index contributed by atoms with van der Waals surface area (Å²) in [5.74, 6) is 0. The minimum absolute atomic E-state index is 0.0401. The first-order chi connectivity index (χ1) is 27.0. The van der Waals surface area contributed by atoms with Gasteiger partial charge in [-0.05, 0) is 128 Å². The molecule has 0 heteroatoms. The average molecular weight is 699 g/mol. The highest BCUT2D eigenvalue weighted by atomic mass is 14.4. The van der Waals surface area contributed by atoms with E-state index in [1.165, 1.54) is 110 Å². The van der Waals surface area contributed by atoms with Crippen molar-refractivity contribution in [2.24, 2.45) is 0 Å². The SMILES string of the molecule is CC1(C)c2ccc(-c3ccc(-c4c5ccccc5c(-c5ccc(-c6ccccc6)c6ccccc56)c5ccccc45)cc3)cc2-c2cc3ccccc3cc21. The Morgan fingerprint density at radius 1 is 0.273 bits per heavy atom. The van der Waals surface area contributed by atoms with E-state index >= 15 is 0 Å². The van der Waals surface area contributed by atoms with Crippen LogP contribution in [0.15, 0.2) is 194 Å². The van der Waals surface area contributed by atoms with E-state index in [0.717, 1.165) is 0 Å². The van der Waals surface area contributed by atoms with E-state index in [0.29, 0.717) is 0 Å². The van der Waals surface area contributed by atoms with Gasteiger partial charge in [-0.15, -0.1) is 0 Å². The predicted molar refractivity (Wildman–Crippen MR) is 236 cm³/mol. The molecule has 0 saturated carbocycles. The first-order valence-corrected chi connectivity index (χ1v) is 19.3. The van der Waals surface area contributed by atoms with Crippen LogP contribution in [-0.4, -0.2) is 0 Å². The molecule has 0 atom stereocenters. The summed E-state index contributed by atoms with van der Waals surface area (Å²) in [5.41, 5.74) is 15.5. The molecular weight excluding hydrogens is 661 g/mol. The molecule has 1 aliphatic carbocycles. The van der Waals surface area contributed by atoms with Gasteiger partial charge in [0.25, 0.3) is 0 Å². The van der Waals surface area contributed by atoms with Gasteiger partial charge in [-0.2, -0.15) is 0 Å². The van der Waals surface area contributed by atoms with Crippen LogP contribution in [0, 0.1) is 0 Å². The molecule has 0 spiro atoms. The highest BCUT2D eigenvalue weighted by molar-refractivity contribution is 6.24. The van der Waals surface area contributed by atoms with E-state index in [4.69, 9.17) is 0 Å². The van der Waals surface area contributed by atoms with Gasteiger partial charge in [0.1, 0.15) is 0 Å². The van der Waals surface area contributed by atoms with Crippen molar-refractivity contribution < 1.29 is 0 Å². The van der Waals surface area contributed by atoms with Crippen LogP contribution < -0.4 is 0 Å². The van der Waals surface area contributed by atoms with Crippen LogP contribution in [0.3, 0.4) is 0 Å². The molecule has 0 amide bonds. The van der Waals surface area contributed by atoms with Gasteiger partial charge in [0.15, 0.2) is 0 Å². The Morgan fingerprint density at radius 3 is 1.40 bits per heavy atom. The van der Waals surface area contributed by atoms with Crippen molar-refractivity contribution >= 4 is 43.1 Å². The third kappa shape index (κ3) is 4.85. The number of hydrogen-bond donors (Lipinski definition) is 0. The fourth-order valence-corrected chi connectivity index (χ4v) is 9.56. The average Bonchev–Trinajstić information content (AvgIpc) is 3.46. The van der Waals surface area contributed by atoms with Crippen LogP contribution in [0.2, 0.25) is 0 Å². The van der Waals surface area contributed by atoms with Gasteiger partial charge in [0.2, 0.25) is 0 Å². The minimum Gasteiger partial charge on any atom is -0.0622 e. The van der Waals surface area contributed by atoms with E-state index in [1.54, 1.807) is 0 Å². The maximum Gasteiger partial charge on any atom is 0.0159 e. The molecule has 0 aromatic heterocycles. The van der Waals surface area contributed by atoms with E-state index in [2.05, 4.69) is 208 Å². The van der Waals surface area contributed by atoms with Crippen molar-refractivity contribution in [3.63, 3.8) is 0 Å². The second-order valence-corrected chi connectivity index (χ2v) is 15.6. The normalized spacial score (nSPS) is 13.1. The van der Waals surface area contributed by atoms with Crippen LogP contribution >= 0.6 is 0 Å². The molecule has 0 fully saturated rings. The number of hydrogen-bond acceptors (Lipinski definition) is 0. The van der Waals surface area contributed by atoms with E-state index in [-0.39, 0.29) is 5.41 Å². The molecular formula is C55H38. The zero-order valence-electron chi connectivity index (χ0n) is 31.0. The summed E-state index contributed by atoms with van der Waals surface area (Å²) in [7, 11) is 0. The van der Waals surface area contributed by atoms with E-state index in [9.17, 15) is 0 Å². The fourth-order valence-electron chi connectivity index (χ4n) is 9.56. The molecule has 0 heterocycles. The zero-order chi connectivity index (χ0) is 36.7. The monoisotopic (exact) mass is 698 g/mol. The fraction of sp³-hybridized carbons (Fsp3) is 0.0545. The molecule has 0 unspecified atom stereocenters. The summed E-state index contributed by atoms with van der Waals surface area (Å²) in [6.45, 7) is 4.73. The molecule has 10 aromatic rings. The molecule has 11 rings (SSSR count). The first kappa shape index (κ1) is 31.7. The van der Waals surface area contributed by atoms with Gasteiger partial charge in [-0.25, -0.2) is 0 Å². The minimum atomic E-state index is -0.0401. The number of fused-ring (bicyclic) bond motifs is 7. The first-order valence-electron chi connectivity index (χ1n) is 19.3. The van der Waals surface area contributed by atoms with Gasteiger partial charge < -0.3 is 0 Å². The van der Waals surface area contributed by atoms with Crippen molar-refractivity contribution in [1.29, 1.82) is 0 Å². The Kier molecular flexibility index (Phi) is 7.00. The van der Waals surface area contributed by atoms with Crippen molar-refractivity contribution in [3.05, 3.63) is 205 Å². The summed E-state index contributed by atoms with van der Waals surface area (Å²) < 4.78 is 0. The maximum absolute atomic E-state index is 2.42. The highest BCUT2D eigenvalue weighted by Crippen LogP contribution is 2.51. The van der Waals surface area contributed by atoms with E-state index in [1.807, 2.05) is 0 Å². The molecule has 1 aliphatic rings. The quantitative estimate of drug-likeness (QED) is 0.161. The second kappa shape index (κ2) is 12.1. The number of rotatable bonds is 4. The highest BCUT2D eigenvalue weighted by Gasteiger charge is 2.35. The van der Waals surface area contributed by atoms with Crippen molar-refractivity contribution in [2.75, 3.05) is 0 Å². The Bertz CT molecular complexity index is 3090. The van der Waals surface area contributed by atoms with Gasteiger partial charge in [0.05, 0.1) is 0 Å². The summed E-state index contributed by atoms with van der Waals surface area (Å²) in [6.07, 6.45) is 0. The van der Waals surface area contributed by atoms with Gasteiger partial charge in [-0.1, -0.05) is 190 Å². The lowest BCUT2D eigenvalue weighted by molar-refractivity contribution is 0.661. The lowest BCUT2D eigenvalue weighted by Gasteiger charge is -2.22. The van der Waals surface area contributed by atoms with Gasteiger partial charge in [-0.3, -0.25) is 0 Å². The van der Waals surface area contributed by atoms with Crippen molar-refractivity contribution in [1.82, 2.24) is 0 Å². The van der Waals surface area contributed by atoms with Crippen LogP contribution in [-0.2, 0) is 5.41 Å². The summed E-state index contributed by atoms with van der Waals surface area (Å²) in [4.78, 5) is 0. The number of benzene rings is 10. The second-order valence-electron chi connectivity index (χ2n) is 15.6. The van der Waals surface area contributed by atoms with Gasteiger partial charge >= 0.3 is 0 Å². The zero-order valence-corrected chi connectivity index (χ0v) is 31.0. The lowest BCUT2D eigenvalue weighted by atomic mass is 9.81.